The van der Waals surface area contributed by atoms with Crippen LogP contribution in [0.4, 0.5) is 0 Å². The molecule has 2 aromatic heterocycles. The zero-order chi connectivity index (χ0) is 31.3. The molecule has 2 atom stereocenters. The van der Waals surface area contributed by atoms with E-state index < -0.39 is 0 Å². The fourth-order valence-corrected chi connectivity index (χ4v) is 7.76. The van der Waals surface area contributed by atoms with E-state index in [-0.39, 0.29) is 10.8 Å². The van der Waals surface area contributed by atoms with Crippen LogP contribution in [0.1, 0.15) is 17.7 Å². The Hall–Kier alpha value is -5.86. The quantitative estimate of drug-likeness (QED) is 0.202. The molecule has 10 rings (SSSR count). The Morgan fingerprint density at radius 3 is 1.72 bits per heavy atom. The Morgan fingerprint density at radius 2 is 1.04 bits per heavy atom. The minimum absolute atomic E-state index is 0.0649. The predicted octanol–water partition coefficient (Wildman–Crippen LogP) is 11.0. The van der Waals surface area contributed by atoms with Crippen LogP contribution in [0.2, 0.25) is 0 Å². The maximum Gasteiger partial charge on any atom is 0.0715 e. The molecule has 1 saturated carbocycles. The highest BCUT2D eigenvalue weighted by molar-refractivity contribution is 6.01. The molecule has 0 radical (unpaired) electrons. The molecule has 3 aliphatic carbocycles. The zero-order valence-electron chi connectivity index (χ0n) is 25.9. The lowest BCUT2D eigenvalue weighted by Gasteiger charge is -2.32. The van der Waals surface area contributed by atoms with Crippen LogP contribution in [0, 0.1) is 0 Å². The lowest BCUT2D eigenvalue weighted by atomic mass is 9.71. The van der Waals surface area contributed by atoms with Crippen LogP contribution in [-0.4, -0.2) is 9.97 Å². The van der Waals surface area contributed by atoms with Crippen LogP contribution < -0.4 is 0 Å². The van der Waals surface area contributed by atoms with Gasteiger partial charge in [-0.25, -0.2) is 4.98 Å². The highest BCUT2D eigenvalue weighted by atomic mass is 14.8. The third-order valence-electron chi connectivity index (χ3n) is 10.1. The molecule has 0 saturated heterocycles. The van der Waals surface area contributed by atoms with Crippen molar-refractivity contribution < 1.29 is 0 Å². The fraction of sp³-hybridized carbons (Fsp3) is 0.0667. The first-order valence-electron chi connectivity index (χ1n) is 16.3. The van der Waals surface area contributed by atoms with Gasteiger partial charge >= 0.3 is 0 Å². The third kappa shape index (κ3) is 4.40. The summed E-state index contributed by atoms with van der Waals surface area (Å²) in [4.78, 5) is 9.85. The lowest BCUT2D eigenvalue weighted by Crippen LogP contribution is -2.27. The molecule has 2 unspecified atom stereocenters. The normalized spacial score (nSPS) is 19.4. The number of rotatable bonds is 3. The molecule has 3 aliphatic rings. The number of hydrogen-bond donors (Lipinski definition) is 0. The fourth-order valence-electron chi connectivity index (χ4n) is 7.76. The molecule has 5 aromatic carbocycles. The van der Waals surface area contributed by atoms with Gasteiger partial charge in [-0.05, 0) is 46.2 Å². The Kier molecular flexibility index (Phi) is 6.36. The molecular weight excluding hydrogens is 569 g/mol. The summed E-state index contributed by atoms with van der Waals surface area (Å²) in [5.74, 6) is 0. The Labute approximate surface area is 275 Å². The highest BCUT2D eigenvalue weighted by Gasteiger charge is 2.70. The van der Waals surface area contributed by atoms with Gasteiger partial charge in [0.2, 0.25) is 0 Å². The van der Waals surface area contributed by atoms with Gasteiger partial charge in [0, 0.05) is 39.1 Å². The minimum Gasteiger partial charge on any atom is -0.259 e. The molecule has 2 nitrogen and oxygen atoms in total. The standard InChI is InChI=1S/C23H17N.C22H15N/c1-4-10-18(11-5-1)21-16-22(19-12-6-2-7-13-19)24-23(17-21)20-14-8-3-9-15-20;1-2-8-16-15(7-1)13-23-20-19(16)17-9-3-4-10-18(17)21-11-5-6-12-22(20,21)14-21/h1-17H;1-13H,14H2. The largest absolute Gasteiger partial charge is 0.259 e. The second kappa shape index (κ2) is 10.9. The maximum absolute atomic E-state index is 4.95. The first-order valence-corrected chi connectivity index (χ1v) is 16.3. The Morgan fingerprint density at radius 1 is 0.489 bits per heavy atom. The molecule has 7 aromatic rings. The Bertz CT molecular complexity index is 2180. The van der Waals surface area contributed by atoms with E-state index in [2.05, 4.69) is 133 Å². The first-order chi connectivity index (χ1) is 23.3. The average molecular weight is 601 g/mol. The molecular formula is C45H32N2. The van der Waals surface area contributed by atoms with Crippen molar-refractivity contribution in [1.29, 1.82) is 0 Å². The molecule has 47 heavy (non-hydrogen) atoms. The van der Waals surface area contributed by atoms with Gasteiger partial charge in [0.15, 0.2) is 0 Å². The summed E-state index contributed by atoms with van der Waals surface area (Å²) < 4.78 is 0. The SMILES string of the molecule is C1=CC23CC2(C=C1)c1ncc2ccccc2c1-c1ccccc13.c1ccc(-c2cc(-c3ccccc3)nc(-c3ccccc3)c2)cc1. The van der Waals surface area contributed by atoms with Crippen LogP contribution in [0.15, 0.2) is 182 Å². The molecule has 0 amide bonds. The minimum atomic E-state index is 0.0649. The van der Waals surface area contributed by atoms with E-state index in [0.717, 1.165) is 28.9 Å². The zero-order valence-corrected chi connectivity index (χ0v) is 25.9. The summed E-state index contributed by atoms with van der Waals surface area (Å²) in [6.45, 7) is 0. The van der Waals surface area contributed by atoms with Gasteiger partial charge in [0.05, 0.1) is 17.1 Å². The van der Waals surface area contributed by atoms with Crippen molar-refractivity contribution in [2.24, 2.45) is 0 Å². The third-order valence-corrected chi connectivity index (χ3v) is 10.1. The van der Waals surface area contributed by atoms with Gasteiger partial charge in [-0.15, -0.1) is 0 Å². The second-order valence-corrected chi connectivity index (χ2v) is 12.7. The van der Waals surface area contributed by atoms with Gasteiger partial charge in [-0.3, -0.25) is 4.98 Å². The summed E-state index contributed by atoms with van der Waals surface area (Å²) in [6.07, 6.45) is 12.4. The van der Waals surface area contributed by atoms with Crippen LogP contribution in [-0.2, 0) is 10.8 Å². The maximum atomic E-state index is 4.95. The van der Waals surface area contributed by atoms with Crippen molar-refractivity contribution >= 4 is 10.8 Å². The Balaban J connectivity index is 0.000000129. The molecule has 2 heteroatoms. The van der Waals surface area contributed by atoms with E-state index >= 15 is 0 Å². The summed E-state index contributed by atoms with van der Waals surface area (Å²) in [6, 6.07) is 53.0. The van der Waals surface area contributed by atoms with Crippen molar-refractivity contribution in [3.05, 3.63) is 193 Å². The molecule has 222 valence electrons. The van der Waals surface area contributed by atoms with Gasteiger partial charge in [0.1, 0.15) is 0 Å². The number of aromatic nitrogens is 2. The number of pyridine rings is 2. The average Bonchev–Trinajstić information content (AvgIpc) is 3.88. The molecule has 0 aliphatic heterocycles. The number of fused-ring (bicyclic) bond motifs is 5. The van der Waals surface area contributed by atoms with Crippen molar-refractivity contribution in [2.75, 3.05) is 0 Å². The van der Waals surface area contributed by atoms with E-state index in [4.69, 9.17) is 9.97 Å². The number of hydrogen-bond acceptors (Lipinski definition) is 2. The smallest absolute Gasteiger partial charge is 0.0715 e. The topological polar surface area (TPSA) is 25.8 Å². The van der Waals surface area contributed by atoms with Gasteiger partial charge in [0.25, 0.3) is 0 Å². The van der Waals surface area contributed by atoms with Gasteiger partial charge in [-0.2, -0.15) is 0 Å². The van der Waals surface area contributed by atoms with Crippen molar-refractivity contribution in [3.8, 4) is 44.8 Å². The number of allylic oxidation sites excluding steroid dienone is 4. The predicted molar refractivity (Wildman–Crippen MR) is 194 cm³/mol. The van der Waals surface area contributed by atoms with E-state index in [9.17, 15) is 0 Å². The van der Waals surface area contributed by atoms with Crippen LogP contribution in [0.5, 0.6) is 0 Å². The monoisotopic (exact) mass is 600 g/mol. The van der Waals surface area contributed by atoms with E-state index in [1.807, 2.05) is 48.7 Å². The van der Waals surface area contributed by atoms with Gasteiger partial charge < -0.3 is 0 Å². The number of benzene rings is 5. The van der Waals surface area contributed by atoms with Crippen LogP contribution in [0.25, 0.3) is 55.5 Å². The summed E-state index contributed by atoms with van der Waals surface area (Å²) in [5, 5.41) is 2.55. The second-order valence-electron chi connectivity index (χ2n) is 12.7. The highest BCUT2D eigenvalue weighted by Crippen LogP contribution is 2.73. The summed E-state index contributed by atoms with van der Waals surface area (Å²) in [5.41, 5.74) is 12.3. The molecule has 0 spiro atoms. The van der Waals surface area contributed by atoms with E-state index in [1.165, 1.54) is 44.3 Å². The van der Waals surface area contributed by atoms with Crippen LogP contribution >= 0.6 is 0 Å². The van der Waals surface area contributed by atoms with Crippen LogP contribution in [0.3, 0.4) is 0 Å². The molecule has 0 N–H and O–H groups in total. The number of nitrogens with zero attached hydrogens (tertiary/aromatic N) is 2. The molecule has 2 heterocycles. The van der Waals surface area contributed by atoms with Crippen molar-refractivity contribution in [1.82, 2.24) is 9.97 Å². The summed E-state index contributed by atoms with van der Waals surface area (Å²) >= 11 is 0. The van der Waals surface area contributed by atoms with E-state index in [1.54, 1.807) is 0 Å². The van der Waals surface area contributed by atoms with E-state index in [0.29, 0.717) is 0 Å². The van der Waals surface area contributed by atoms with Crippen molar-refractivity contribution in [2.45, 2.75) is 17.3 Å². The lowest BCUT2D eigenvalue weighted by molar-refractivity contribution is 0.695. The van der Waals surface area contributed by atoms with Crippen molar-refractivity contribution in [3.63, 3.8) is 0 Å². The van der Waals surface area contributed by atoms with Gasteiger partial charge in [-0.1, -0.05) is 164 Å². The first kappa shape index (κ1) is 27.5. The molecule has 0 bridgehead atoms. The summed E-state index contributed by atoms with van der Waals surface area (Å²) in [7, 11) is 0. The molecule has 1 fully saturated rings.